The standard InChI is InChI=1S/C24H30O/c1-15-5-11-23(4)17(13-15)14-16(2)21-18(23)7-12-24-19(21)6-9-22(24,3)10-8-20(24)25/h6,13-14,16H,5,7-12H2,1-4H3/t16-,22+,23?,24?/m1/s1. The summed E-state index contributed by atoms with van der Waals surface area (Å²) < 4.78 is 0. The molecule has 5 aliphatic rings. The van der Waals surface area contributed by atoms with E-state index in [4.69, 9.17) is 0 Å². The largest absolute Gasteiger partial charge is 0.299 e. The molecule has 0 heterocycles. The van der Waals surface area contributed by atoms with Gasteiger partial charge in [0, 0.05) is 11.8 Å². The van der Waals surface area contributed by atoms with Gasteiger partial charge in [-0.2, -0.15) is 0 Å². The second kappa shape index (κ2) is 4.67. The van der Waals surface area contributed by atoms with Gasteiger partial charge in [-0.3, -0.25) is 4.79 Å². The first-order valence-electron chi connectivity index (χ1n) is 10.2. The Kier molecular flexibility index (Phi) is 2.96. The Balaban J connectivity index is 1.70. The topological polar surface area (TPSA) is 17.1 Å². The van der Waals surface area contributed by atoms with E-state index in [0.717, 1.165) is 32.1 Å². The van der Waals surface area contributed by atoms with Crippen LogP contribution in [-0.2, 0) is 4.79 Å². The molecular weight excluding hydrogens is 304 g/mol. The maximum Gasteiger partial charge on any atom is 0.143 e. The molecule has 0 amide bonds. The summed E-state index contributed by atoms with van der Waals surface area (Å²) in [7, 11) is 0. The molecular formula is C24H30O. The second-order valence-corrected chi connectivity index (χ2v) is 9.84. The van der Waals surface area contributed by atoms with E-state index < -0.39 is 0 Å². The molecule has 25 heavy (non-hydrogen) atoms. The lowest BCUT2D eigenvalue weighted by Gasteiger charge is -2.51. The smallest absolute Gasteiger partial charge is 0.143 e. The highest BCUT2D eigenvalue weighted by Crippen LogP contribution is 2.69. The van der Waals surface area contributed by atoms with Crippen molar-refractivity contribution in [1.29, 1.82) is 0 Å². The number of rotatable bonds is 0. The number of hydrogen-bond acceptors (Lipinski definition) is 1. The summed E-state index contributed by atoms with van der Waals surface area (Å²) in [6.07, 6.45) is 15.0. The summed E-state index contributed by atoms with van der Waals surface area (Å²) in [5.74, 6) is 0.983. The van der Waals surface area contributed by atoms with Crippen molar-refractivity contribution in [3.63, 3.8) is 0 Å². The molecule has 5 aliphatic carbocycles. The summed E-state index contributed by atoms with van der Waals surface area (Å²) in [4.78, 5) is 13.1. The monoisotopic (exact) mass is 334 g/mol. The average molecular weight is 335 g/mol. The number of carbonyl (C=O) groups excluding carboxylic acids is 1. The molecule has 0 aromatic carbocycles. The SMILES string of the molecule is CC1=CC2=C[C@@H](C)C3=C(CCC45C(=O)CC[C@]4(C)CC=C35)C2(C)CC1. The third-order valence-electron chi connectivity index (χ3n) is 8.60. The molecule has 1 saturated carbocycles. The Labute approximate surface area is 152 Å². The van der Waals surface area contributed by atoms with Crippen LogP contribution in [0.2, 0.25) is 0 Å². The van der Waals surface area contributed by atoms with Gasteiger partial charge in [-0.15, -0.1) is 0 Å². The molecule has 0 bridgehead atoms. The number of carbonyl (C=O) groups is 1. The summed E-state index contributed by atoms with van der Waals surface area (Å²) in [5.41, 5.74) is 7.97. The van der Waals surface area contributed by atoms with Crippen LogP contribution in [-0.4, -0.2) is 5.78 Å². The van der Waals surface area contributed by atoms with Crippen molar-refractivity contribution in [2.75, 3.05) is 0 Å². The zero-order valence-electron chi connectivity index (χ0n) is 16.2. The molecule has 0 aromatic heterocycles. The van der Waals surface area contributed by atoms with Gasteiger partial charge in [-0.1, -0.05) is 50.1 Å². The fourth-order valence-corrected chi connectivity index (χ4v) is 7.02. The Morgan fingerprint density at radius 3 is 2.68 bits per heavy atom. The van der Waals surface area contributed by atoms with Gasteiger partial charge >= 0.3 is 0 Å². The van der Waals surface area contributed by atoms with Gasteiger partial charge in [0.15, 0.2) is 0 Å². The highest BCUT2D eigenvalue weighted by Gasteiger charge is 2.64. The fourth-order valence-electron chi connectivity index (χ4n) is 7.02. The van der Waals surface area contributed by atoms with Crippen molar-refractivity contribution < 1.29 is 4.79 Å². The van der Waals surface area contributed by atoms with Crippen LogP contribution < -0.4 is 0 Å². The van der Waals surface area contributed by atoms with E-state index in [1.54, 1.807) is 11.1 Å². The van der Waals surface area contributed by atoms with Crippen molar-refractivity contribution in [2.24, 2.45) is 22.2 Å². The number of Topliss-reactive ketones (excluding diaryl/α,β-unsaturated/α-hetero) is 1. The molecule has 0 aromatic rings. The lowest BCUT2D eigenvalue weighted by molar-refractivity contribution is -0.127. The quantitative estimate of drug-likeness (QED) is 0.524. The fraction of sp³-hybridized carbons (Fsp3) is 0.625. The minimum absolute atomic E-state index is 0.151. The Morgan fingerprint density at radius 1 is 1.08 bits per heavy atom. The lowest BCUT2D eigenvalue weighted by Crippen LogP contribution is -2.44. The van der Waals surface area contributed by atoms with Crippen molar-refractivity contribution in [3.8, 4) is 0 Å². The highest BCUT2D eigenvalue weighted by molar-refractivity contribution is 5.94. The molecule has 1 heteroatoms. The first-order chi connectivity index (χ1) is 11.8. The van der Waals surface area contributed by atoms with E-state index >= 15 is 0 Å². The predicted molar refractivity (Wildman–Crippen MR) is 102 cm³/mol. The second-order valence-electron chi connectivity index (χ2n) is 9.84. The van der Waals surface area contributed by atoms with Crippen LogP contribution in [0.1, 0.15) is 72.6 Å². The van der Waals surface area contributed by atoms with E-state index in [0.29, 0.717) is 11.7 Å². The Bertz CT molecular complexity index is 819. The summed E-state index contributed by atoms with van der Waals surface area (Å²) >= 11 is 0. The molecule has 0 radical (unpaired) electrons. The van der Waals surface area contributed by atoms with Crippen LogP contribution in [0.25, 0.3) is 0 Å². The summed E-state index contributed by atoms with van der Waals surface area (Å²) in [6.45, 7) is 9.48. The molecule has 0 saturated heterocycles. The summed E-state index contributed by atoms with van der Waals surface area (Å²) in [5, 5.41) is 0. The average Bonchev–Trinajstić information content (AvgIpc) is 3.01. The van der Waals surface area contributed by atoms with Gasteiger partial charge in [0.05, 0.1) is 5.41 Å². The molecule has 0 aliphatic heterocycles. The van der Waals surface area contributed by atoms with Crippen LogP contribution in [0.15, 0.2) is 46.1 Å². The zero-order valence-corrected chi connectivity index (χ0v) is 16.2. The molecule has 132 valence electrons. The third-order valence-corrected chi connectivity index (χ3v) is 8.60. The van der Waals surface area contributed by atoms with E-state index in [2.05, 4.69) is 45.9 Å². The molecule has 1 spiro atoms. The van der Waals surface area contributed by atoms with Crippen LogP contribution in [0.3, 0.4) is 0 Å². The van der Waals surface area contributed by atoms with Gasteiger partial charge in [0.1, 0.15) is 5.78 Å². The van der Waals surface area contributed by atoms with Gasteiger partial charge in [0.25, 0.3) is 0 Å². The summed E-state index contributed by atoms with van der Waals surface area (Å²) in [6, 6.07) is 0. The predicted octanol–water partition coefficient (Wildman–Crippen LogP) is 6.09. The minimum atomic E-state index is -0.151. The van der Waals surface area contributed by atoms with Crippen molar-refractivity contribution >= 4 is 5.78 Å². The van der Waals surface area contributed by atoms with E-state index in [1.165, 1.54) is 29.6 Å². The Morgan fingerprint density at radius 2 is 1.88 bits per heavy atom. The van der Waals surface area contributed by atoms with Crippen molar-refractivity contribution in [1.82, 2.24) is 0 Å². The van der Waals surface area contributed by atoms with E-state index in [1.807, 2.05) is 0 Å². The number of fused-ring (bicyclic) bond motifs is 3. The lowest BCUT2D eigenvalue weighted by atomic mass is 9.52. The number of ketones is 1. The zero-order chi connectivity index (χ0) is 17.6. The van der Waals surface area contributed by atoms with Crippen LogP contribution >= 0.6 is 0 Å². The van der Waals surface area contributed by atoms with Gasteiger partial charge < -0.3 is 0 Å². The van der Waals surface area contributed by atoms with Crippen LogP contribution in [0, 0.1) is 22.2 Å². The number of hydrogen-bond donors (Lipinski definition) is 0. The molecule has 0 N–H and O–H groups in total. The first kappa shape index (κ1) is 15.9. The van der Waals surface area contributed by atoms with Crippen molar-refractivity contribution in [2.45, 2.75) is 72.6 Å². The van der Waals surface area contributed by atoms with Gasteiger partial charge in [-0.05, 0) is 73.5 Å². The first-order valence-corrected chi connectivity index (χ1v) is 10.2. The normalized spacial score (nSPS) is 45.2. The van der Waals surface area contributed by atoms with Crippen molar-refractivity contribution in [3.05, 3.63) is 46.1 Å². The van der Waals surface area contributed by atoms with Crippen LogP contribution in [0.4, 0.5) is 0 Å². The van der Waals surface area contributed by atoms with Crippen LogP contribution in [0.5, 0.6) is 0 Å². The highest BCUT2D eigenvalue weighted by atomic mass is 16.1. The minimum Gasteiger partial charge on any atom is -0.299 e. The van der Waals surface area contributed by atoms with E-state index in [-0.39, 0.29) is 16.2 Å². The maximum atomic E-state index is 13.1. The maximum absolute atomic E-state index is 13.1. The number of allylic oxidation sites excluding steroid dienone is 8. The van der Waals surface area contributed by atoms with Gasteiger partial charge in [0.2, 0.25) is 0 Å². The van der Waals surface area contributed by atoms with Gasteiger partial charge in [-0.25, -0.2) is 0 Å². The molecule has 5 rings (SSSR count). The third kappa shape index (κ3) is 1.68. The Hall–Kier alpha value is -1.37. The molecule has 2 unspecified atom stereocenters. The molecule has 1 fully saturated rings. The molecule has 1 nitrogen and oxygen atoms in total. The van der Waals surface area contributed by atoms with E-state index in [9.17, 15) is 4.79 Å². The molecule has 4 atom stereocenters.